The molecule has 1 aromatic rings. The van der Waals surface area contributed by atoms with Gasteiger partial charge in [0.2, 0.25) is 5.91 Å². The molecule has 0 radical (unpaired) electrons. The molecule has 1 amide bonds. The maximum Gasteiger partial charge on any atom is 0.248 e. The molecule has 0 spiro atoms. The smallest absolute Gasteiger partial charge is 0.248 e. The highest BCUT2D eigenvalue weighted by atomic mass is 16.5. The van der Waals surface area contributed by atoms with Crippen LogP contribution < -0.4 is 0 Å². The van der Waals surface area contributed by atoms with Gasteiger partial charge in [-0.1, -0.05) is 30.3 Å². The summed E-state index contributed by atoms with van der Waals surface area (Å²) in [7, 11) is 3.53. The summed E-state index contributed by atoms with van der Waals surface area (Å²) in [4.78, 5) is 15.9. The first kappa shape index (κ1) is 18.4. The maximum absolute atomic E-state index is 11.8. The van der Waals surface area contributed by atoms with Gasteiger partial charge in [-0.15, -0.1) is 0 Å². The summed E-state index contributed by atoms with van der Waals surface area (Å²) in [6.07, 6.45) is 3.47. The summed E-state index contributed by atoms with van der Waals surface area (Å²) >= 11 is 0. The number of hydrogen-bond acceptors (Lipinski definition) is 4. The lowest BCUT2D eigenvalue weighted by molar-refractivity contribution is -0.160. The summed E-state index contributed by atoms with van der Waals surface area (Å²) in [6.45, 7) is 4.59. The van der Waals surface area contributed by atoms with Crippen molar-refractivity contribution in [3.63, 3.8) is 0 Å². The molecule has 0 N–H and O–H groups in total. The van der Waals surface area contributed by atoms with E-state index < -0.39 is 0 Å². The first-order valence-electron chi connectivity index (χ1n) is 9.25. The van der Waals surface area contributed by atoms with Crippen LogP contribution in [0.1, 0.15) is 24.8 Å². The number of rotatable bonds is 6. The minimum Gasteiger partial charge on any atom is -0.377 e. The van der Waals surface area contributed by atoms with Crippen molar-refractivity contribution in [1.29, 1.82) is 0 Å². The van der Waals surface area contributed by atoms with Gasteiger partial charge in [-0.25, -0.2) is 0 Å². The molecule has 0 unspecified atom stereocenters. The van der Waals surface area contributed by atoms with Crippen molar-refractivity contribution in [2.45, 2.75) is 31.9 Å². The van der Waals surface area contributed by atoms with Crippen LogP contribution in [0.5, 0.6) is 0 Å². The zero-order chi connectivity index (χ0) is 17.7. The molecular formula is C20H30N2O3. The van der Waals surface area contributed by atoms with Crippen LogP contribution in [0.2, 0.25) is 0 Å². The fraction of sp³-hybridized carbons (Fsp3) is 0.650. The van der Waals surface area contributed by atoms with Crippen molar-refractivity contribution >= 4 is 5.91 Å². The van der Waals surface area contributed by atoms with Gasteiger partial charge in [0, 0.05) is 45.8 Å². The lowest BCUT2D eigenvalue weighted by Crippen LogP contribution is -2.56. The topological polar surface area (TPSA) is 42.0 Å². The predicted molar refractivity (Wildman–Crippen MR) is 97.3 cm³/mol. The average molecular weight is 346 g/mol. The van der Waals surface area contributed by atoms with E-state index in [1.807, 2.05) is 0 Å². The van der Waals surface area contributed by atoms with Crippen molar-refractivity contribution in [2.24, 2.45) is 5.41 Å². The Hall–Kier alpha value is -1.43. The first-order valence-corrected chi connectivity index (χ1v) is 9.25. The number of piperidine rings is 1. The molecule has 2 aliphatic rings. The highest BCUT2D eigenvalue weighted by molar-refractivity contribution is 5.76. The predicted octanol–water partition coefficient (Wildman–Crippen LogP) is 2.16. The van der Waals surface area contributed by atoms with Crippen molar-refractivity contribution in [3.8, 4) is 0 Å². The van der Waals surface area contributed by atoms with E-state index in [-0.39, 0.29) is 24.0 Å². The van der Waals surface area contributed by atoms with Crippen LogP contribution >= 0.6 is 0 Å². The standard InChI is InChI=1S/C20H30N2O3/c1-21(2)19(23)14-24-16-20-10-6-12-25-18(20)9-11-22(15-20)13-17-7-4-3-5-8-17/h3-5,7-8,18H,6,9-16H2,1-2H3/t18-,20-/m1/s1. The van der Waals surface area contributed by atoms with E-state index in [1.54, 1.807) is 19.0 Å². The Morgan fingerprint density at radius 2 is 2.16 bits per heavy atom. The summed E-state index contributed by atoms with van der Waals surface area (Å²) in [5.74, 6) is 0.0154. The Morgan fingerprint density at radius 3 is 2.92 bits per heavy atom. The highest BCUT2D eigenvalue weighted by Gasteiger charge is 2.46. The van der Waals surface area contributed by atoms with Crippen molar-refractivity contribution in [2.75, 3.05) is 47.0 Å². The fourth-order valence-corrected chi connectivity index (χ4v) is 4.04. The van der Waals surface area contributed by atoms with Crippen molar-refractivity contribution in [1.82, 2.24) is 9.80 Å². The second kappa shape index (κ2) is 8.30. The summed E-state index contributed by atoms with van der Waals surface area (Å²) in [5, 5.41) is 0. The number of fused-ring (bicyclic) bond motifs is 1. The zero-order valence-corrected chi connectivity index (χ0v) is 15.4. The van der Waals surface area contributed by atoms with Crippen LogP contribution in [-0.4, -0.2) is 68.8 Å². The van der Waals surface area contributed by atoms with E-state index >= 15 is 0 Å². The van der Waals surface area contributed by atoms with E-state index in [1.165, 1.54) is 5.56 Å². The molecule has 1 aromatic carbocycles. The van der Waals surface area contributed by atoms with Crippen LogP contribution in [-0.2, 0) is 20.8 Å². The van der Waals surface area contributed by atoms with Crippen molar-refractivity contribution < 1.29 is 14.3 Å². The lowest BCUT2D eigenvalue weighted by Gasteiger charge is -2.50. The zero-order valence-electron chi connectivity index (χ0n) is 15.4. The van der Waals surface area contributed by atoms with Crippen LogP contribution in [0, 0.1) is 5.41 Å². The van der Waals surface area contributed by atoms with Gasteiger partial charge in [0.25, 0.3) is 0 Å². The third kappa shape index (κ3) is 4.60. The Balaban J connectivity index is 1.63. The van der Waals surface area contributed by atoms with Gasteiger partial charge in [0.15, 0.2) is 0 Å². The highest BCUT2D eigenvalue weighted by Crippen LogP contribution is 2.40. The third-order valence-electron chi connectivity index (χ3n) is 5.43. The maximum atomic E-state index is 11.8. The molecule has 5 heteroatoms. The second-order valence-corrected chi connectivity index (χ2v) is 7.59. The largest absolute Gasteiger partial charge is 0.377 e. The number of likely N-dealkylation sites (tertiary alicyclic amines) is 1. The molecule has 5 nitrogen and oxygen atoms in total. The minimum atomic E-state index is 0.0118. The molecule has 3 rings (SSSR count). The van der Waals surface area contributed by atoms with Gasteiger partial charge in [-0.05, 0) is 24.8 Å². The quantitative estimate of drug-likeness (QED) is 0.792. The Kier molecular flexibility index (Phi) is 6.10. The molecular weight excluding hydrogens is 316 g/mol. The van der Waals surface area contributed by atoms with E-state index in [2.05, 4.69) is 35.2 Å². The molecule has 2 saturated heterocycles. The summed E-state index contributed by atoms with van der Waals surface area (Å²) < 4.78 is 11.9. The number of amides is 1. The molecule has 2 fully saturated rings. The van der Waals surface area contributed by atoms with Gasteiger partial charge in [-0.2, -0.15) is 0 Å². The molecule has 0 saturated carbocycles. The third-order valence-corrected chi connectivity index (χ3v) is 5.43. The van der Waals surface area contributed by atoms with E-state index in [0.717, 1.165) is 45.5 Å². The van der Waals surface area contributed by atoms with Crippen molar-refractivity contribution in [3.05, 3.63) is 35.9 Å². The Bertz CT molecular complexity index is 563. The molecule has 0 aromatic heterocycles. The van der Waals surface area contributed by atoms with Crippen LogP contribution in [0.4, 0.5) is 0 Å². The van der Waals surface area contributed by atoms with Gasteiger partial charge in [0.1, 0.15) is 6.61 Å². The molecule has 2 atom stereocenters. The number of ether oxygens (including phenoxy) is 2. The Labute approximate surface area is 150 Å². The lowest BCUT2D eigenvalue weighted by atomic mass is 9.73. The van der Waals surface area contributed by atoms with Crippen LogP contribution in [0.3, 0.4) is 0 Å². The molecule has 25 heavy (non-hydrogen) atoms. The first-order chi connectivity index (χ1) is 12.1. The van der Waals surface area contributed by atoms with Gasteiger partial charge >= 0.3 is 0 Å². The van der Waals surface area contributed by atoms with Gasteiger partial charge in [0.05, 0.1) is 12.7 Å². The number of hydrogen-bond donors (Lipinski definition) is 0. The number of nitrogens with zero attached hydrogens (tertiary/aromatic N) is 2. The molecule has 2 aliphatic heterocycles. The molecule has 0 bridgehead atoms. The number of carbonyl (C=O) groups excluding carboxylic acids is 1. The van der Waals surface area contributed by atoms with E-state index in [4.69, 9.17) is 9.47 Å². The van der Waals surface area contributed by atoms with Gasteiger partial charge < -0.3 is 14.4 Å². The second-order valence-electron chi connectivity index (χ2n) is 7.59. The Morgan fingerprint density at radius 1 is 1.36 bits per heavy atom. The normalized spacial score (nSPS) is 26.9. The molecule has 0 aliphatic carbocycles. The SMILES string of the molecule is CN(C)C(=O)COC[C@]12CCCO[C@@H]1CCN(Cc1ccccc1)C2. The van der Waals surface area contributed by atoms with Crippen LogP contribution in [0.25, 0.3) is 0 Å². The minimum absolute atomic E-state index is 0.0118. The number of likely N-dealkylation sites (N-methyl/N-ethyl adjacent to an activating group) is 1. The monoisotopic (exact) mass is 346 g/mol. The van der Waals surface area contributed by atoms with E-state index in [9.17, 15) is 4.79 Å². The number of carbonyl (C=O) groups is 1. The number of benzene rings is 1. The molecule has 2 heterocycles. The van der Waals surface area contributed by atoms with E-state index in [0.29, 0.717) is 6.61 Å². The average Bonchev–Trinajstić information content (AvgIpc) is 2.62. The summed E-state index contributed by atoms with van der Waals surface area (Å²) in [5.41, 5.74) is 1.36. The van der Waals surface area contributed by atoms with Crippen LogP contribution in [0.15, 0.2) is 30.3 Å². The fourth-order valence-electron chi connectivity index (χ4n) is 4.04. The summed E-state index contributed by atoms with van der Waals surface area (Å²) in [6, 6.07) is 10.6. The van der Waals surface area contributed by atoms with Gasteiger partial charge in [-0.3, -0.25) is 9.69 Å². The molecule has 138 valence electrons.